The summed E-state index contributed by atoms with van der Waals surface area (Å²) in [5, 5.41) is 14.7. The lowest BCUT2D eigenvalue weighted by Gasteiger charge is -2.44. The normalized spacial score (nSPS) is 29.9. The number of phenols is 1. The molecule has 6 atom stereocenters. The highest BCUT2D eigenvalue weighted by Crippen LogP contribution is 2.59. The number of rotatable bonds is 5. The molecule has 6 unspecified atom stereocenters. The van der Waals surface area contributed by atoms with Crippen molar-refractivity contribution in [2.75, 3.05) is 0 Å². The minimum Gasteiger partial charge on any atom is -0.508 e. The van der Waals surface area contributed by atoms with Crippen LogP contribution < -0.4 is 0 Å². The number of carbonyl (C=O) groups is 4. The molecule has 2 aromatic heterocycles. The molecule has 0 bridgehead atoms. The van der Waals surface area contributed by atoms with Crippen molar-refractivity contribution < 1.29 is 24.3 Å². The molecule has 9 heteroatoms. The van der Waals surface area contributed by atoms with Crippen LogP contribution in [0.5, 0.6) is 5.75 Å². The molecule has 0 spiro atoms. The van der Waals surface area contributed by atoms with E-state index in [0.29, 0.717) is 18.4 Å². The second-order valence-electron chi connectivity index (χ2n) is 10.8. The van der Waals surface area contributed by atoms with Crippen LogP contribution in [-0.4, -0.2) is 38.5 Å². The standard InChI is InChI=1S/C30H26N2O5S2/c33-23-8-2-1-7-19(23)24-18-9-10-20-25(29(36)31(27(20)34)14-16-5-3-11-38-16)21(18)13-22-26(24)30(37)32(28(22)35)15-17-6-4-12-39-17/h1-9,11-12,20-22,24-26,33H,10,13-15H2. The molecule has 4 heterocycles. The van der Waals surface area contributed by atoms with Gasteiger partial charge in [-0.2, -0.15) is 0 Å². The number of hydrogen-bond acceptors (Lipinski definition) is 7. The first-order valence-electron chi connectivity index (χ1n) is 13.2. The van der Waals surface area contributed by atoms with Crippen molar-refractivity contribution in [2.45, 2.75) is 31.8 Å². The molecular formula is C30H26N2O5S2. The Morgan fingerprint density at radius 2 is 1.33 bits per heavy atom. The SMILES string of the molecule is O=C1C2CC=C3C(CC4C(=O)N(Cc5cccs5)C(=O)C4C3c3ccccc3O)C2C(=O)N1Cc1cccs1. The van der Waals surface area contributed by atoms with Gasteiger partial charge in [0, 0.05) is 21.2 Å². The second-order valence-corrected chi connectivity index (χ2v) is 12.8. The second kappa shape index (κ2) is 9.27. The number of carbonyl (C=O) groups excluding carboxylic acids is 4. The summed E-state index contributed by atoms with van der Waals surface area (Å²) in [5.74, 6) is -3.95. The summed E-state index contributed by atoms with van der Waals surface area (Å²) in [6.07, 6.45) is 2.77. The zero-order valence-corrected chi connectivity index (χ0v) is 22.6. The number of fused-ring (bicyclic) bond motifs is 4. The summed E-state index contributed by atoms with van der Waals surface area (Å²) >= 11 is 3.01. The number of amides is 4. The van der Waals surface area contributed by atoms with Crippen molar-refractivity contribution in [1.29, 1.82) is 0 Å². The molecule has 198 valence electrons. The monoisotopic (exact) mass is 558 g/mol. The van der Waals surface area contributed by atoms with Crippen LogP contribution in [-0.2, 0) is 32.3 Å². The number of likely N-dealkylation sites (tertiary alicyclic amines) is 2. The van der Waals surface area contributed by atoms with E-state index < -0.39 is 29.6 Å². The van der Waals surface area contributed by atoms with Gasteiger partial charge >= 0.3 is 0 Å². The minimum absolute atomic E-state index is 0.0648. The number of thiophene rings is 2. The third kappa shape index (κ3) is 3.74. The highest BCUT2D eigenvalue weighted by Gasteiger charge is 2.62. The summed E-state index contributed by atoms with van der Waals surface area (Å²) in [6, 6.07) is 14.6. The third-order valence-electron chi connectivity index (χ3n) is 8.89. The fraction of sp³-hybridized carbons (Fsp3) is 0.333. The molecule has 39 heavy (non-hydrogen) atoms. The maximum atomic E-state index is 13.9. The van der Waals surface area contributed by atoms with Gasteiger partial charge in [0.1, 0.15) is 5.75 Å². The van der Waals surface area contributed by atoms with E-state index in [-0.39, 0.29) is 48.4 Å². The fourth-order valence-electron chi connectivity index (χ4n) is 7.25. The summed E-state index contributed by atoms with van der Waals surface area (Å²) in [5.41, 5.74) is 1.49. The number of phenolic OH excluding ortho intramolecular Hbond substituents is 1. The number of nitrogens with zero attached hydrogens (tertiary/aromatic N) is 2. The summed E-state index contributed by atoms with van der Waals surface area (Å²) < 4.78 is 0. The maximum Gasteiger partial charge on any atom is 0.234 e. The van der Waals surface area contributed by atoms with Gasteiger partial charge in [0.15, 0.2) is 0 Å². The Bertz CT molecular complexity index is 1510. The van der Waals surface area contributed by atoms with Crippen LogP contribution in [0.1, 0.15) is 34.1 Å². The van der Waals surface area contributed by atoms with E-state index in [4.69, 9.17) is 0 Å². The largest absolute Gasteiger partial charge is 0.508 e. The number of aromatic hydroxyl groups is 1. The lowest BCUT2D eigenvalue weighted by molar-refractivity contribution is -0.142. The number of allylic oxidation sites excluding steroid dienone is 2. The number of para-hydroxylation sites is 1. The smallest absolute Gasteiger partial charge is 0.234 e. The Morgan fingerprint density at radius 3 is 1.95 bits per heavy atom. The molecule has 2 aliphatic carbocycles. The maximum absolute atomic E-state index is 13.9. The average Bonchev–Trinajstić information content (AvgIpc) is 3.73. The van der Waals surface area contributed by atoms with E-state index in [2.05, 4.69) is 0 Å². The van der Waals surface area contributed by atoms with Gasteiger partial charge in [-0.25, -0.2) is 0 Å². The molecule has 3 fully saturated rings. The molecular weight excluding hydrogens is 532 g/mol. The Kier molecular flexibility index (Phi) is 5.82. The molecule has 0 radical (unpaired) electrons. The molecule has 3 aromatic rings. The van der Waals surface area contributed by atoms with Crippen LogP contribution in [0.15, 0.2) is 70.9 Å². The average molecular weight is 559 g/mol. The predicted molar refractivity (Wildman–Crippen MR) is 145 cm³/mol. The number of benzene rings is 1. The van der Waals surface area contributed by atoms with Gasteiger partial charge in [0.2, 0.25) is 23.6 Å². The quantitative estimate of drug-likeness (QED) is 0.366. The molecule has 1 N–H and O–H groups in total. The first-order chi connectivity index (χ1) is 18.9. The summed E-state index contributed by atoms with van der Waals surface area (Å²) in [4.78, 5) is 59.6. The summed E-state index contributed by atoms with van der Waals surface area (Å²) in [7, 11) is 0. The van der Waals surface area contributed by atoms with Crippen LogP contribution in [0.25, 0.3) is 0 Å². The first-order valence-corrected chi connectivity index (χ1v) is 14.9. The van der Waals surface area contributed by atoms with Crippen molar-refractivity contribution in [1.82, 2.24) is 9.80 Å². The van der Waals surface area contributed by atoms with E-state index in [9.17, 15) is 24.3 Å². The van der Waals surface area contributed by atoms with Crippen molar-refractivity contribution in [3.63, 3.8) is 0 Å². The number of imide groups is 2. The van der Waals surface area contributed by atoms with E-state index in [1.54, 1.807) is 18.2 Å². The Hall–Kier alpha value is -3.56. The van der Waals surface area contributed by atoms with Gasteiger partial charge in [0.25, 0.3) is 0 Å². The van der Waals surface area contributed by atoms with Crippen LogP contribution in [0.2, 0.25) is 0 Å². The fourth-order valence-corrected chi connectivity index (χ4v) is 8.63. The highest BCUT2D eigenvalue weighted by atomic mass is 32.1. The van der Waals surface area contributed by atoms with Gasteiger partial charge in [0.05, 0.1) is 36.8 Å². The van der Waals surface area contributed by atoms with Gasteiger partial charge < -0.3 is 5.11 Å². The third-order valence-corrected chi connectivity index (χ3v) is 10.6. The lowest BCUT2D eigenvalue weighted by Crippen LogP contribution is -2.43. The molecule has 7 nitrogen and oxygen atoms in total. The van der Waals surface area contributed by atoms with Crippen molar-refractivity contribution in [3.8, 4) is 5.75 Å². The summed E-state index contributed by atoms with van der Waals surface area (Å²) in [6.45, 7) is 0.475. The van der Waals surface area contributed by atoms with Gasteiger partial charge in [-0.15, -0.1) is 22.7 Å². The van der Waals surface area contributed by atoms with Gasteiger partial charge in [-0.05, 0) is 47.7 Å². The topological polar surface area (TPSA) is 95.0 Å². The van der Waals surface area contributed by atoms with Gasteiger partial charge in [-0.3, -0.25) is 29.0 Å². The predicted octanol–water partition coefficient (Wildman–Crippen LogP) is 4.55. The lowest BCUT2D eigenvalue weighted by atomic mass is 9.57. The van der Waals surface area contributed by atoms with Crippen molar-refractivity contribution in [2.24, 2.45) is 29.6 Å². The van der Waals surface area contributed by atoms with Gasteiger partial charge in [-0.1, -0.05) is 42.0 Å². The van der Waals surface area contributed by atoms with Crippen LogP contribution in [0.3, 0.4) is 0 Å². The Balaban J connectivity index is 1.29. The van der Waals surface area contributed by atoms with Crippen molar-refractivity contribution >= 4 is 46.3 Å². The number of hydrogen-bond donors (Lipinski definition) is 1. The van der Waals surface area contributed by atoms with Crippen LogP contribution >= 0.6 is 22.7 Å². The molecule has 2 saturated heterocycles. The Labute approximate surface area is 233 Å². The minimum atomic E-state index is -0.653. The molecule has 7 rings (SSSR count). The zero-order chi connectivity index (χ0) is 26.8. The molecule has 1 saturated carbocycles. The highest BCUT2D eigenvalue weighted by molar-refractivity contribution is 7.10. The molecule has 2 aliphatic heterocycles. The van der Waals surface area contributed by atoms with E-state index in [0.717, 1.165) is 15.3 Å². The van der Waals surface area contributed by atoms with E-state index in [1.165, 1.54) is 32.5 Å². The zero-order valence-electron chi connectivity index (χ0n) is 20.9. The first kappa shape index (κ1) is 24.5. The molecule has 4 aliphatic rings. The van der Waals surface area contributed by atoms with Crippen molar-refractivity contribution in [3.05, 3.63) is 86.3 Å². The van der Waals surface area contributed by atoms with E-state index >= 15 is 0 Å². The molecule has 4 amide bonds. The molecule has 1 aromatic carbocycles. The van der Waals surface area contributed by atoms with Crippen LogP contribution in [0, 0.1) is 29.6 Å². The van der Waals surface area contributed by atoms with E-state index in [1.807, 2.05) is 47.2 Å². The van der Waals surface area contributed by atoms with Crippen LogP contribution in [0.4, 0.5) is 0 Å². The Morgan fingerprint density at radius 1 is 0.718 bits per heavy atom.